The Balaban J connectivity index is 2.75. The number of carbonyl (C=O) groups is 1. The molecule has 1 rings (SSSR count). The highest BCUT2D eigenvalue weighted by Gasteiger charge is 2.03. The summed E-state index contributed by atoms with van der Waals surface area (Å²) in [4.78, 5) is 14.9. The Morgan fingerprint density at radius 1 is 1.47 bits per heavy atom. The first-order chi connectivity index (χ1) is 8.21. The SMILES string of the molecule is C/C=C(C=O)\C=C/C(C)c1ccc(OC)cn1. The Kier molecular flexibility index (Phi) is 5.14. The standard InChI is InChI=1S/C14H17NO2/c1-4-12(10-16)6-5-11(2)14-8-7-13(17-3)9-15-14/h4-11H,1-3H3/b6-5-,12-4+. The first kappa shape index (κ1) is 13.2. The molecule has 0 saturated carbocycles. The molecule has 90 valence electrons. The summed E-state index contributed by atoms with van der Waals surface area (Å²) in [6.45, 7) is 3.87. The van der Waals surface area contributed by atoms with Gasteiger partial charge in [-0.05, 0) is 19.1 Å². The minimum atomic E-state index is 0.163. The Morgan fingerprint density at radius 3 is 2.71 bits per heavy atom. The van der Waals surface area contributed by atoms with Crippen LogP contribution in [0.25, 0.3) is 0 Å². The van der Waals surface area contributed by atoms with Gasteiger partial charge in [-0.2, -0.15) is 0 Å². The number of hydrogen-bond acceptors (Lipinski definition) is 3. The Morgan fingerprint density at radius 2 is 2.24 bits per heavy atom. The van der Waals surface area contributed by atoms with E-state index in [1.807, 2.05) is 38.1 Å². The van der Waals surface area contributed by atoms with Crippen molar-refractivity contribution in [1.29, 1.82) is 0 Å². The van der Waals surface area contributed by atoms with Crippen LogP contribution >= 0.6 is 0 Å². The van der Waals surface area contributed by atoms with Gasteiger partial charge in [-0.3, -0.25) is 9.78 Å². The third-order valence-corrected chi connectivity index (χ3v) is 2.51. The molecule has 0 spiro atoms. The molecule has 3 heteroatoms. The van der Waals surface area contributed by atoms with Crippen molar-refractivity contribution in [2.24, 2.45) is 0 Å². The van der Waals surface area contributed by atoms with Crippen molar-refractivity contribution in [3.8, 4) is 5.75 Å². The summed E-state index contributed by atoms with van der Waals surface area (Å²) in [6, 6.07) is 3.80. The lowest BCUT2D eigenvalue weighted by Crippen LogP contribution is -1.94. The van der Waals surface area contributed by atoms with Crippen molar-refractivity contribution in [3.05, 3.63) is 47.8 Å². The monoisotopic (exact) mass is 231 g/mol. The topological polar surface area (TPSA) is 39.2 Å². The zero-order valence-corrected chi connectivity index (χ0v) is 10.4. The summed E-state index contributed by atoms with van der Waals surface area (Å²) in [7, 11) is 1.61. The van der Waals surface area contributed by atoms with Crippen LogP contribution in [0.3, 0.4) is 0 Å². The van der Waals surface area contributed by atoms with Gasteiger partial charge in [0.05, 0.1) is 13.3 Å². The van der Waals surface area contributed by atoms with Crippen molar-refractivity contribution >= 4 is 6.29 Å². The molecule has 17 heavy (non-hydrogen) atoms. The molecule has 0 aliphatic rings. The van der Waals surface area contributed by atoms with E-state index in [-0.39, 0.29) is 5.92 Å². The summed E-state index contributed by atoms with van der Waals surface area (Å²) in [5.41, 5.74) is 1.62. The first-order valence-corrected chi connectivity index (χ1v) is 5.51. The largest absolute Gasteiger partial charge is 0.495 e. The number of rotatable bonds is 5. The third kappa shape index (κ3) is 3.87. The van der Waals surface area contributed by atoms with Gasteiger partial charge in [-0.1, -0.05) is 25.2 Å². The summed E-state index contributed by atoms with van der Waals surface area (Å²) >= 11 is 0. The van der Waals surface area contributed by atoms with E-state index in [0.717, 1.165) is 17.7 Å². The number of aldehydes is 1. The molecule has 0 fully saturated rings. The lowest BCUT2D eigenvalue weighted by Gasteiger charge is -2.06. The number of nitrogens with zero attached hydrogens (tertiary/aromatic N) is 1. The molecular weight excluding hydrogens is 214 g/mol. The van der Waals surface area contributed by atoms with E-state index < -0.39 is 0 Å². The Labute approximate surface area is 102 Å². The number of hydrogen-bond donors (Lipinski definition) is 0. The number of ether oxygens (including phenoxy) is 1. The molecule has 0 radical (unpaired) electrons. The second kappa shape index (κ2) is 6.63. The van der Waals surface area contributed by atoms with E-state index in [9.17, 15) is 4.79 Å². The Bertz CT molecular complexity index is 418. The summed E-state index contributed by atoms with van der Waals surface area (Å²) in [5.74, 6) is 0.905. The molecule has 1 heterocycles. The van der Waals surface area contributed by atoms with Crippen molar-refractivity contribution in [2.45, 2.75) is 19.8 Å². The maximum Gasteiger partial charge on any atom is 0.149 e. The van der Waals surface area contributed by atoms with Gasteiger partial charge in [0, 0.05) is 17.2 Å². The lowest BCUT2D eigenvalue weighted by atomic mass is 10.1. The first-order valence-electron chi connectivity index (χ1n) is 5.51. The van der Waals surface area contributed by atoms with Crippen molar-refractivity contribution in [2.75, 3.05) is 7.11 Å². The molecule has 1 aromatic rings. The summed E-state index contributed by atoms with van der Waals surface area (Å²) < 4.78 is 5.05. The van der Waals surface area contributed by atoms with Crippen LogP contribution in [0.5, 0.6) is 5.75 Å². The van der Waals surface area contributed by atoms with Gasteiger partial charge < -0.3 is 4.74 Å². The highest BCUT2D eigenvalue weighted by Crippen LogP contribution is 2.17. The lowest BCUT2D eigenvalue weighted by molar-refractivity contribution is -0.104. The van der Waals surface area contributed by atoms with Crippen LogP contribution < -0.4 is 4.74 Å². The van der Waals surface area contributed by atoms with Crippen LogP contribution in [0, 0.1) is 0 Å². The highest BCUT2D eigenvalue weighted by molar-refractivity contribution is 5.77. The molecule has 0 saturated heterocycles. The minimum absolute atomic E-state index is 0.163. The molecule has 1 unspecified atom stereocenters. The fourth-order valence-electron chi connectivity index (χ4n) is 1.34. The van der Waals surface area contributed by atoms with E-state index in [2.05, 4.69) is 4.98 Å². The molecule has 0 N–H and O–H groups in total. The molecule has 0 aliphatic carbocycles. The molecule has 3 nitrogen and oxygen atoms in total. The average Bonchev–Trinajstić information content (AvgIpc) is 2.39. The molecular formula is C14H17NO2. The van der Waals surface area contributed by atoms with E-state index >= 15 is 0 Å². The van der Waals surface area contributed by atoms with Gasteiger partial charge >= 0.3 is 0 Å². The molecule has 0 aliphatic heterocycles. The van der Waals surface area contributed by atoms with Crippen molar-refractivity contribution < 1.29 is 9.53 Å². The molecule has 0 amide bonds. The van der Waals surface area contributed by atoms with Gasteiger partial charge in [0.15, 0.2) is 0 Å². The van der Waals surface area contributed by atoms with Crippen LogP contribution in [-0.4, -0.2) is 18.4 Å². The van der Waals surface area contributed by atoms with Gasteiger partial charge in [-0.15, -0.1) is 0 Å². The maximum absolute atomic E-state index is 10.6. The average molecular weight is 231 g/mol. The second-order valence-corrected chi connectivity index (χ2v) is 3.68. The van der Waals surface area contributed by atoms with E-state index in [4.69, 9.17) is 4.74 Å². The highest BCUT2D eigenvalue weighted by atomic mass is 16.5. The number of pyridine rings is 1. The zero-order chi connectivity index (χ0) is 12.7. The van der Waals surface area contributed by atoms with Gasteiger partial charge in [-0.25, -0.2) is 0 Å². The molecule has 0 bridgehead atoms. The summed E-state index contributed by atoms with van der Waals surface area (Å²) in [5, 5.41) is 0. The van der Waals surface area contributed by atoms with E-state index in [1.165, 1.54) is 0 Å². The molecule has 0 aromatic carbocycles. The zero-order valence-electron chi connectivity index (χ0n) is 10.4. The molecule has 1 aromatic heterocycles. The van der Waals surface area contributed by atoms with Crippen LogP contribution in [0.2, 0.25) is 0 Å². The van der Waals surface area contributed by atoms with Crippen LogP contribution in [-0.2, 0) is 4.79 Å². The van der Waals surface area contributed by atoms with Crippen molar-refractivity contribution in [3.63, 3.8) is 0 Å². The van der Waals surface area contributed by atoms with Gasteiger partial charge in [0.25, 0.3) is 0 Å². The quantitative estimate of drug-likeness (QED) is 0.444. The normalized spacial score (nSPS) is 13.7. The summed E-state index contributed by atoms with van der Waals surface area (Å²) in [6.07, 6.45) is 8.07. The third-order valence-electron chi connectivity index (χ3n) is 2.51. The van der Waals surface area contributed by atoms with E-state index in [1.54, 1.807) is 19.4 Å². The Hall–Kier alpha value is -1.90. The predicted molar refractivity (Wildman–Crippen MR) is 68.2 cm³/mol. The maximum atomic E-state index is 10.6. The van der Waals surface area contributed by atoms with Crippen LogP contribution in [0.1, 0.15) is 25.5 Å². The van der Waals surface area contributed by atoms with E-state index in [0.29, 0.717) is 5.57 Å². The fraction of sp³-hybridized carbons (Fsp3) is 0.286. The number of carbonyl (C=O) groups excluding carboxylic acids is 1. The predicted octanol–water partition coefficient (Wildman–Crippen LogP) is 2.90. The van der Waals surface area contributed by atoms with Crippen molar-refractivity contribution in [1.82, 2.24) is 4.98 Å². The smallest absolute Gasteiger partial charge is 0.149 e. The number of allylic oxidation sites excluding steroid dienone is 4. The fourth-order valence-corrected chi connectivity index (χ4v) is 1.34. The molecule has 1 atom stereocenters. The van der Waals surface area contributed by atoms with Crippen LogP contribution in [0.15, 0.2) is 42.1 Å². The number of methoxy groups -OCH3 is 1. The second-order valence-electron chi connectivity index (χ2n) is 3.68. The van der Waals surface area contributed by atoms with Gasteiger partial charge in [0.2, 0.25) is 0 Å². The minimum Gasteiger partial charge on any atom is -0.495 e. The van der Waals surface area contributed by atoms with Gasteiger partial charge in [0.1, 0.15) is 12.0 Å². The number of aromatic nitrogens is 1. The van der Waals surface area contributed by atoms with Crippen LogP contribution in [0.4, 0.5) is 0 Å².